The topological polar surface area (TPSA) is 44.0 Å². The number of aliphatic hydroxyl groups is 1. The molecule has 3 rings (SSSR count). The van der Waals surface area contributed by atoms with Crippen LogP contribution in [0.1, 0.15) is 34.9 Å². The van der Waals surface area contributed by atoms with E-state index in [2.05, 4.69) is 44.0 Å². The fourth-order valence-electron chi connectivity index (χ4n) is 3.07. The molecular formula is C16H13Br2NOS. The van der Waals surface area contributed by atoms with Crippen molar-refractivity contribution in [3.8, 4) is 6.07 Å². The van der Waals surface area contributed by atoms with Crippen LogP contribution in [0.15, 0.2) is 38.6 Å². The minimum Gasteiger partial charge on any atom is -0.386 e. The molecule has 0 amide bonds. The van der Waals surface area contributed by atoms with E-state index in [1.165, 1.54) is 16.9 Å². The van der Waals surface area contributed by atoms with Crippen molar-refractivity contribution in [3.05, 3.63) is 54.6 Å². The lowest BCUT2D eigenvalue weighted by Crippen LogP contribution is -2.35. The zero-order valence-corrected chi connectivity index (χ0v) is 15.1. The first-order valence-electron chi connectivity index (χ1n) is 6.71. The molecule has 0 saturated heterocycles. The molecule has 2 unspecified atom stereocenters. The van der Waals surface area contributed by atoms with Crippen molar-refractivity contribution < 1.29 is 5.11 Å². The Kier molecular flexibility index (Phi) is 4.24. The number of fused-ring (bicyclic) bond motifs is 1. The fraction of sp³-hybridized carbons (Fsp3) is 0.312. The maximum Gasteiger partial charge on any atom is 0.113 e. The number of aryl methyl sites for hydroxylation is 1. The molecule has 0 spiro atoms. The van der Waals surface area contributed by atoms with E-state index < -0.39 is 11.5 Å². The molecule has 2 nitrogen and oxygen atoms in total. The summed E-state index contributed by atoms with van der Waals surface area (Å²) in [5.41, 5.74) is 1.31. The molecule has 1 heterocycles. The Morgan fingerprint density at radius 3 is 2.76 bits per heavy atom. The molecule has 1 aliphatic rings. The molecule has 21 heavy (non-hydrogen) atoms. The molecule has 0 fully saturated rings. The minimum absolute atomic E-state index is 0.689. The number of thiophene rings is 1. The predicted octanol–water partition coefficient (Wildman–Crippen LogP) is 5.10. The smallest absolute Gasteiger partial charge is 0.113 e. The monoisotopic (exact) mass is 425 g/mol. The van der Waals surface area contributed by atoms with Crippen molar-refractivity contribution in [2.75, 3.05) is 0 Å². The van der Waals surface area contributed by atoms with Gasteiger partial charge in [-0.25, -0.2) is 0 Å². The summed E-state index contributed by atoms with van der Waals surface area (Å²) < 4.78 is 1.85. The van der Waals surface area contributed by atoms with Crippen LogP contribution in [0.5, 0.6) is 0 Å². The number of halogens is 2. The van der Waals surface area contributed by atoms with Gasteiger partial charge in [-0.2, -0.15) is 5.26 Å². The highest BCUT2D eigenvalue weighted by molar-refractivity contribution is 9.13. The third-order valence-electron chi connectivity index (χ3n) is 4.12. The van der Waals surface area contributed by atoms with Gasteiger partial charge < -0.3 is 5.11 Å². The average Bonchev–Trinajstić information content (AvgIpc) is 2.85. The van der Waals surface area contributed by atoms with Crippen LogP contribution >= 0.6 is 43.2 Å². The number of rotatable bonds is 2. The van der Waals surface area contributed by atoms with Gasteiger partial charge in [0.15, 0.2) is 0 Å². The number of aliphatic hydroxyl groups excluding tert-OH is 1. The molecule has 0 radical (unpaired) electrons. The zero-order valence-electron chi connectivity index (χ0n) is 11.1. The van der Waals surface area contributed by atoms with Crippen molar-refractivity contribution in [3.63, 3.8) is 0 Å². The van der Waals surface area contributed by atoms with E-state index in [0.717, 1.165) is 31.5 Å². The summed E-state index contributed by atoms with van der Waals surface area (Å²) in [6.07, 6.45) is 1.78. The molecule has 1 aromatic heterocycles. The highest BCUT2D eigenvalue weighted by Gasteiger charge is 2.44. The molecule has 0 aliphatic heterocycles. The van der Waals surface area contributed by atoms with Gasteiger partial charge in [0.1, 0.15) is 11.5 Å². The highest BCUT2D eigenvalue weighted by Crippen LogP contribution is 2.48. The lowest BCUT2D eigenvalue weighted by atomic mass is 9.67. The number of hydrogen-bond donors (Lipinski definition) is 1. The number of nitrogens with zero attached hydrogens (tertiary/aromatic N) is 1. The summed E-state index contributed by atoms with van der Waals surface area (Å²) in [6, 6.07) is 12.3. The summed E-state index contributed by atoms with van der Waals surface area (Å²) in [6.45, 7) is 0. The predicted molar refractivity (Wildman–Crippen MR) is 91.3 cm³/mol. The van der Waals surface area contributed by atoms with Gasteiger partial charge >= 0.3 is 0 Å². The van der Waals surface area contributed by atoms with E-state index >= 15 is 0 Å². The summed E-state index contributed by atoms with van der Waals surface area (Å²) >= 11 is 8.38. The normalized spacial score (nSPS) is 22.4. The van der Waals surface area contributed by atoms with Crippen LogP contribution in [0.3, 0.4) is 0 Å². The maximum atomic E-state index is 10.9. The number of nitriles is 1. The first kappa shape index (κ1) is 15.2. The largest absolute Gasteiger partial charge is 0.386 e. The summed E-state index contributed by atoms with van der Waals surface area (Å²) in [5, 5.41) is 20.8. The Morgan fingerprint density at radius 2 is 2.10 bits per heavy atom. The van der Waals surface area contributed by atoms with Crippen molar-refractivity contribution in [2.24, 2.45) is 0 Å². The fourth-order valence-corrected chi connectivity index (χ4v) is 5.24. The molecule has 1 N–H and O–H groups in total. The Morgan fingerprint density at radius 1 is 1.33 bits per heavy atom. The molecular weight excluding hydrogens is 414 g/mol. The number of hydrogen-bond acceptors (Lipinski definition) is 3. The second-order valence-corrected chi connectivity index (χ2v) is 8.52. The van der Waals surface area contributed by atoms with Gasteiger partial charge in [0.25, 0.3) is 0 Å². The van der Waals surface area contributed by atoms with Crippen LogP contribution in [0.2, 0.25) is 0 Å². The first-order valence-corrected chi connectivity index (χ1v) is 9.11. The van der Waals surface area contributed by atoms with E-state index in [0.29, 0.717) is 6.42 Å². The van der Waals surface area contributed by atoms with Gasteiger partial charge in [0.05, 0.1) is 9.86 Å². The Labute approximate surface area is 144 Å². The van der Waals surface area contributed by atoms with Crippen LogP contribution in [-0.4, -0.2) is 5.11 Å². The lowest BCUT2D eigenvalue weighted by molar-refractivity contribution is 0.103. The standard InChI is InChI=1S/C16H13Br2NOS/c17-12-8-13(21-15(12)18)14(20)16(9-19)7-3-5-10-4-1-2-6-11(10)16/h1-2,4,6,8,14,20H,3,5,7H2. The summed E-state index contributed by atoms with van der Waals surface area (Å²) in [4.78, 5) is 0.812. The van der Waals surface area contributed by atoms with Crippen molar-refractivity contribution >= 4 is 43.2 Å². The van der Waals surface area contributed by atoms with Crippen LogP contribution in [0.4, 0.5) is 0 Å². The maximum absolute atomic E-state index is 10.9. The van der Waals surface area contributed by atoms with E-state index in [9.17, 15) is 10.4 Å². The second-order valence-electron chi connectivity index (χ2n) is 5.27. The minimum atomic E-state index is -0.849. The van der Waals surface area contributed by atoms with Gasteiger partial charge in [-0.1, -0.05) is 24.3 Å². The molecule has 2 atom stereocenters. The van der Waals surface area contributed by atoms with Crippen LogP contribution < -0.4 is 0 Å². The molecule has 2 aromatic rings. The number of benzene rings is 1. The molecule has 1 aromatic carbocycles. The van der Waals surface area contributed by atoms with Crippen molar-refractivity contribution in [2.45, 2.75) is 30.8 Å². The summed E-state index contributed by atoms with van der Waals surface area (Å²) in [7, 11) is 0. The third kappa shape index (κ3) is 2.49. The van der Waals surface area contributed by atoms with E-state index in [4.69, 9.17) is 0 Å². The Hall–Kier alpha value is -0.670. The Bertz CT molecular complexity index is 702. The van der Waals surface area contributed by atoms with Crippen LogP contribution in [0.25, 0.3) is 0 Å². The quantitative estimate of drug-likeness (QED) is 0.725. The first-order chi connectivity index (χ1) is 10.1. The average molecular weight is 427 g/mol. The van der Waals surface area contributed by atoms with Crippen molar-refractivity contribution in [1.82, 2.24) is 0 Å². The van der Waals surface area contributed by atoms with Gasteiger partial charge in [-0.05, 0) is 68.3 Å². The third-order valence-corrected chi connectivity index (χ3v) is 7.42. The van der Waals surface area contributed by atoms with Gasteiger partial charge in [0, 0.05) is 9.35 Å². The SMILES string of the molecule is N#CC1(C(O)c2cc(Br)c(Br)s2)CCCc2ccccc21. The molecule has 0 saturated carbocycles. The van der Waals surface area contributed by atoms with Crippen LogP contribution in [0, 0.1) is 11.3 Å². The van der Waals surface area contributed by atoms with Crippen molar-refractivity contribution in [1.29, 1.82) is 5.26 Å². The molecule has 5 heteroatoms. The Balaban J connectivity index is 2.12. The second kappa shape index (κ2) is 5.85. The van der Waals surface area contributed by atoms with E-state index in [1.807, 2.05) is 24.3 Å². The van der Waals surface area contributed by atoms with Gasteiger partial charge in [-0.15, -0.1) is 11.3 Å². The molecule has 0 bridgehead atoms. The molecule has 108 valence electrons. The highest BCUT2D eigenvalue weighted by atomic mass is 79.9. The zero-order chi connectivity index (χ0) is 15.0. The van der Waals surface area contributed by atoms with Gasteiger partial charge in [-0.3, -0.25) is 0 Å². The van der Waals surface area contributed by atoms with E-state index in [-0.39, 0.29) is 0 Å². The van der Waals surface area contributed by atoms with Gasteiger partial charge in [0.2, 0.25) is 0 Å². The summed E-state index contributed by atoms with van der Waals surface area (Å²) in [5.74, 6) is 0. The van der Waals surface area contributed by atoms with Crippen LogP contribution in [-0.2, 0) is 11.8 Å². The lowest BCUT2D eigenvalue weighted by Gasteiger charge is -2.36. The molecule has 1 aliphatic carbocycles. The van der Waals surface area contributed by atoms with E-state index in [1.54, 1.807) is 0 Å².